The minimum absolute atomic E-state index is 0.0497. The molecule has 0 aliphatic carbocycles. The molecule has 0 rings (SSSR count). The van der Waals surface area contributed by atoms with Crippen molar-refractivity contribution >= 4 is 11.9 Å². The molecular formula is C22H44N2O5. The predicted octanol–water partition coefficient (Wildman–Crippen LogP) is 3.35. The fourth-order valence-electron chi connectivity index (χ4n) is 3.13. The van der Waals surface area contributed by atoms with E-state index in [0.29, 0.717) is 31.6 Å². The molecule has 0 aliphatic rings. The summed E-state index contributed by atoms with van der Waals surface area (Å²) >= 11 is 0. The van der Waals surface area contributed by atoms with Crippen molar-refractivity contribution in [3.05, 3.63) is 0 Å². The molecule has 0 unspecified atom stereocenters. The van der Waals surface area contributed by atoms with Gasteiger partial charge < -0.3 is 25.6 Å². The number of carbonyl (C=O) groups excluding carboxylic acids is 1. The van der Waals surface area contributed by atoms with Gasteiger partial charge in [0.25, 0.3) is 0 Å². The molecule has 0 aromatic carbocycles. The van der Waals surface area contributed by atoms with Gasteiger partial charge in [-0.2, -0.15) is 0 Å². The van der Waals surface area contributed by atoms with Crippen molar-refractivity contribution < 1.29 is 24.2 Å². The molecule has 0 aliphatic heterocycles. The summed E-state index contributed by atoms with van der Waals surface area (Å²) in [7, 11) is 0. The zero-order valence-electron chi connectivity index (χ0n) is 19.1. The number of carboxylic acid groups (broad SMARTS) is 1. The van der Waals surface area contributed by atoms with E-state index in [-0.39, 0.29) is 24.5 Å². The van der Waals surface area contributed by atoms with Crippen LogP contribution in [-0.2, 0) is 19.1 Å². The van der Waals surface area contributed by atoms with E-state index in [1.807, 2.05) is 0 Å². The van der Waals surface area contributed by atoms with Crippen molar-refractivity contribution in [2.45, 2.75) is 79.1 Å². The lowest BCUT2D eigenvalue weighted by molar-refractivity contribution is -0.142. The Labute approximate surface area is 177 Å². The van der Waals surface area contributed by atoms with Crippen LogP contribution in [0.5, 0.6) is 0 Å². The van der Waals surface area contributed by atoms with Crippen molar-refractivity contribution in [2.24, 2.45) is 16.6 Å². The molecule has 172 valence electrons. The summed E-state index contributed by atoms with van der Waals surface area (Å²) in [6.45, 7) is 11.1. The van der Waals surface area contributed by atoms with Crippen LogP contribution in [0, 0.1) is 10.8 Å². The van der Waals surface area contributed by atoms with E-state index in [0.717, 1.165) is 25.8 Å². The van der Waals surface area contributed by atoms with Gasteiger partial charge in [0.1, 0.15) is 6.61 Å². The van der Waals surface area contributed by atoms with Crippen molar-refractivity contribution in [2.75, 3.05) is 39.5 Å². The summed E-state index contributed by atoms with van der Waals surface area (Å²) in [5.41, 5.74) is 6.18. The van der Waals surface area contributed by atoms with Crippen LogP contribution >= 0.6 is 0 Å². The molecule has 0 bridgehead atoms. The van der Waals surface area contributed by atoms with Crippen LogP contribution in [-0.4, -0.2) is 56.5 Å². The molecule has 0 saturated heterocycles. The zero-order chi connectivity index (χ0) is 22.2. The minimum atomic E-state index is -0.994. The van der Waals surface area contributed by atoms with E-state index in [9.17, 15) is 9.59 Å². The van der Waals surface area contributed by atoms with E-state index in [1.54, 1.807) is 0 Å². The zero-order valence-corrected chi connectivity index (χ0v) is 19.1. The number of carbonyl (C=O) groups is 2. The van der Waals surface area contributed by atoms with Gasteiger partial charge in [-0.15, -0.1) is 0 Å². The van der Waals surface area contributed by atoms with Gasteiger partial charge in [-0.1, -0.05) is 34.1 Å². The highest BCUT2D eigenvalue weighted by Crippen LogP contribution is 2.36. The lowest BCUT2D eigenvalue weighted by Crippen LogP contribution is -2.28. The topological polar surface area (TPSA) is 111 Å². The Morgan fingerprint density at radius 1 is 0.862 bits per heavy atom. The van der Waals surface area contributed by atoms with Gasteiger partial charge in [0.2, 0.25) is 5.91 Å². The number of aliphatic carboxylic acids is 1. The second-order valence-electron chi connectivity index (χ2n) is 9.34. The number of rotatable bonds is 19. The molecule has 7 heteroatoms. The molecule has 0 spiro atoms. The van der Waals surface area contributed by atoms with Crippen LogP contribution in [0.2, 0.25) is 0 Å². The van der Waals surface area contributed by atoms with Gasteiger partial charge in [-0.25, -0.2) is 4.79 Å². The molecule has 0 aromatic heterocycles. The maximum absolute atomic E-state index is 11.9. The standard InChI is InChI=1S/C22H44N2O5/c1-21(2,9-5-6-13-23)11-12-22(3,4)10-7-8-19(25)24-14-15-28-16-17-29-18-20(26)27/h5-18,23H2,1-4H3,(H,24,25)(H,26,27). The van der Waals surface area contributed by atoms with Crippen molar-refractivity contribution in [1.29, 1.82) is 0 Å². The van der Waals surface area contributed by atoms with Gasteiger partial charge in [-0.3, -0.25) is 4.79 Å². The number of hydrogen-bond acceptors (Lipinski definition) is 5. The molecule has 0 radical (unpaired) electrons. The Morgan fingerprint density at radius 2 is 1.45 bits per heavy atom. The Morgan fingerprint density at radius 3 is 2.03 bits per heavy atom. The number of nitrogens with one attached hydrogen (secondary N) is 1. The summed E-state index contributed by atoms with van der Waals surface area (Å²) in [5, 5.41) is 11.3. The van der Waals surface area contributed by atoms with Gasteiger partial charge in [0.15, 0.2) is 0 Å². The predicted molar refractivity (Wildman–Crippen MR) is 116 cm³/mol. The first kappa shape index (κ1) is 27.8. The Balaban J connectivity index is 3.76. The third-order valence-electron chi connectivity index (χ3n) is 5.21. The number of ether oxygens (including phenoxy) is 2. The van der Waals surface area contributed by atoms with Crippen LogP contribution in [0.15, 0.2) is 0 Å². The van der Waals surface area contributed by atoms with Crippen LogP contribution in [0.1, 0.15) is 79.1 Å². The molecule has 0 fully saturated rings. The first-order valence-corrected chi connectivity index (χ1v) is 10.9. The Bertz CT molecular complexity index is 452. The maximum atomic E-state index is 11.9. The van der Waals surface area contributed by atoms with E-state index < -0.39 is 5.97 Å². The van der Waals surface area contributed by atoms with Crippen LogP contribution in [0.3, 0.4) is 0 Å². The van der Waals surface area contributed by atoms with Crippen LogP contribution in [0.25, 0.3) is 0 Å². The number of hydrogen-bond donors (Lipinski definition) is 3. The molecule has 0 heterocycles. The fourth-order valence-corrected chi connectivity index (χ4v) is 3.13. The second-order valence-corrected chi connectivity index (χ2v) is 9.34. The Kier molecular flexibility index (Phi) is 15.0. The summed E-state index contributed by atoms with van der Waals surface area (Å²) in [6.07, 6.45) is 8.34. The molecule has 4 N–H and O–H groups in total. The van der Waals surface area contributed by atoms with E-state index in [1.165, 1.54) is 25.7 Å². The highest BCUT2D eigenvalue weighted by atomic mass is 16.5. The van der Waals surface area contributed by atoms with E-state index in [2.05, 4.69) is 33.0 Å². The van der Waals surface area contributed by atoms with Crippen LogP contribution < -0.4 is 11.1 Å². The van der Waals surface area contributed by atoms with Crippen molar-refractivity contribution in [3.63, 3.8) is 0 Å². The van der Waals surface area contributed by atoms with Crippen LogP contribution in [0.4, 0.5) is 0 Å². The molecule has 1 amide bonds. The van der Waals surface area contributed by atoms with Crippen molar-refractivity contribution in [3.8, 4) is 0 Å². The average molecular weight is 417 g/mol. The SMILES string of the molecule is CC(C)(CCCCN)CCC(C)(C)CCCC(=O)NCCOCCOCC(=O)O. The number of unbranched alkanes of at least 4 members (excludes halogenated alkanes) is 1. The summed E-state index contributed by atoms with van der Waals surface area (Å²) < 4.78 is 10.1. The second kappa shape index (κ2) is 15.6. The third-order valence-corrected chi connectivity index (χ3v) is 5.21. The van der Waals surface area contributed by atoms with E-state index >= 15 is 0 Å². The number of nitrogens with two attached hydrogens (primary N) is 1. The van der Waals surface area contributed by atoms with Gasteiger partial charge in [0, 0.05) is 13.0 Å². The van der Waals surface area contributed by atoms with Gasteiger partial charge in [0.05, 0.1) is 19.8 Å². The highest BCUT2D eigenvalue weighted by Gasteiger charge is 2.24. The van der Waals surface area contributed by atoms with Gasteiger partial charge >= 0.3 is 5.97 Å². The average Bonchev–Trinajstić information content (AvgIpc) is 2.62. The summed E-state index contributed by atoms with van der Waals surface area (Å²) in [4.78, 5) is 22.2. The third kappa shape index (κ3) is 18.6. The fraction of sp³-hybridized carbons (Fsp3) is 0.909. The highest BCUT2D eigenvalue weighted by molar-refractivity contribution is 5.75. The number of amides is 1. The monoisotopic (exact) mass is 416 g/mol. The largest absolute Gasteiger partial charge is 0.480 e. The first-order valence-electron chi connectivity index (χ1n) is 10.9. The number of carboxylic acids is 1. The van der Waals surface area contributed by atoms with Crippen molar-refractivity contribution in [1.82, 2.24) is 5.32 Å². The smallest absolute Gasteiger partial charge is 0.329 e. The minimum Gasteiger partial charge on any atom is -0.480 e. The normalized spacial score (nSPS) is 12.2. The molecular weight excluding hydrogens is 372 g/mol. The molecule has 29 heavy (non-hydrogen) atoms. The molecule has 0 aromatic rings. The quantitative estimate of drug-likeness (QED) is 0.279. The van der Waals surface area contributed by atoms with E-state index in [4.69, 9.17) is 20.3 Å². The first-order chi connectivity index (χ1) is 13.6. The summed E-state index contributed by atoms with van der Waals surface area (Å²) in [5.74, 6) is -0.944. The lowest BCUT2D eigenvalue weighted by Gasteiger charge is -2.31. The molecule has 0 saturated carbocycles. The molecule has 0 atom stereocenters. The summed E-state index contributed by atoms with van der Waals surface area (Å²) in [6, 6.07) is 0. The molecule has 7 nitrogen and oxygen atoms in total. The maximum Gasteiger partial charge on any atom is 0.329 e. The lowest BCUT2D eigenvalue weighted by atomic mass is 9.75. The van der Waals surface area contributed by atoms with Gasteiger partial charge in [-0.05, 0) is 55.9 Å². The Hall–Kier alpha value is -1.18.